The third kappa shape index (κ3) is 5.32. The van der Waals surface area contributed by atoms with E-state index in [0.717, 1.165) is 0 Å². The average molecular weight is 379 g/mol. The number of benzene rings is 2. The van der Waals surface area contributed by atoms with Crippen molar-refractivity contribution in [3.05, 3.63) is 65.2 Å². The van der Waals surface area contributed by atoms with E-state index in [2.05, 4.69) is 5.32 Å². The lowest BCUT2D eigenvalue weighted by molar-refractivity contribution is -0.142. The van der Waals surface area contributed by atoms with Gasteiger partial charge in [0, 0.05) is 17.7 Å². The molecular formula is C20H20F3NO3. The van der Waals surface area contributed by atoms with Crippen molar-refractivity contribution in [1.82, 2.24) is 0 Å². The van der Waals surface area contributed by atoms with Crippen LogP contribution in [-0.2, 0) is 16.6 Å². The summed E-state index contributed by atoms with van der Waals surface area (Å²) in [6.45, 7) is 3.14. The SMILES string of the molecule is CC(C)(C(=O)O)c1ccc(NC(=O)c2ccccc2CCC(F)(F)F)cc1. The summed E-state index contributed by atoms with van der Waals surface area (Å²) in [5, 5.41) is 11.9. The number of aryl methyl sites for hydroxylation is 1. The highest BCUT2D eigenvalue weighted by atomic mass is 19.4. The largest absolute Gasteiger partial charge is 0.481 e. The Morgan fingerprint density at radius 2 is 1.59 bits per heavy atom. The zero-order valence-corrected chi connectivity index (χ0v) is 14.9. The van der Waals surface area contributed by atoms with Gasteiger partial charge in [0.1, 0.15) is 0 Å². The molecule has 27 heavy (non-hydrogen) atoms. The van der Waals surface area contributed by atoms with Gasteiger partial charge in [-0.2, -0.15) is 13.2 Å². The second-order valence-corrected chi connectivity index (χ2v) is 6.73. The van der Waals surface area contributed by atoms with Crippen molar-refractivity contribution in [3.63, 3.8) is 0 Å². The molecule has 0 unspecified atom stereocenters. The van der Waals surface area contributed by atoms with Crippen LogP contribution in [0, 0.1) is 0 Å². The summed E-state index contributed by atoms with van der Waals surface area (Å²) in [7, 11) is 0. The summed E-state index contributed by atoms with van der Waals surface area (Å²) in [4.78, 5) is 23.8. The molecule has 2 aromatic carbocycles. The molecule has 0 bridgehead atoms. The summed E-state index contributed by atoms with van der Waals surface area (Å²) in [6, 6.07) is 12.5. The molecule has 0 aromatic heterocycles. The molecule has 0 fully saturated rings. The number of hydrogen-bond acceptors (Lipinski definition) is 2. The molecule has 2 aromatic rings. The fraction of sp³-hybridized carbons (Fsp3) is 0.300. The van der Waals surface area contributed by atoms with Crippen molar-refractivity contribution in [1.29, 1.82) is 0 Å². The normalized spacial score (nSPS) is 11.9. The van der Waals surface area contributed by atoms with Crippen LogP contribution < -0.4 is 5.32 Å². The van der Waals surface area contributed by atoms with Crippen LogP contribution in [-0.4, -0.2) is 23.2 Å². The molecule has 4 nitrogen and oxygen atoms in total. The number of carboxylic acid groups (broad SMARTS) is 1. The lowest BCUT2D eigenvalue weighted by Crippen LogP contribution is -2.28. The van der Waals surface area contributed by atoms with Gasteiger partial charge < -0.3 is 10.4 Å². The molecule has 1 amide bonds. The zero-order chi connectivity index (χ0) is 20.2. The number of rotatable bonds is 6. The number of carbonyl (C=O) groups excluding carboxylic acids is 1. The first kappa shape index (κ1) is 20.5. The number of nitrogens with one attached hydrogen (secondary N) is 1. The van der Waals surface area contributed by atoms with Crippen molar-refractivity contribution >= 4 is 17.6 Å². The van der Waals surface area contributed by atoms with Gasteiger partial charge in [0.25, 0.3) is 5.91 Å². The predicted molar refractivity (Wildman–Crippen MR) is 95.9 cm³/mol. The number of aliphatic carboxylic acids is 1. The Bertz CT molecular complexity index is 827. The number of carboxylic acids is 1. The summed E-state index contributed by atoms with van der Waals surface area (Å²) >= 11 is 0. The maximum Gasteiger partial charge on any atom is 0.389 e. The Balaban J connectivity index is 2.15. The van der Waals surface area contributed by atoms with Crippen molar-refractivity contribution < 1.29 is 27.9 Å². The molecule has 2 rings (SSSR count). The minimum Gasteiger partial charge on any atom is -0.481 e. The van der Waals surface area contributed by atoms with Crippen LogP contribution in [0.15, 0.2) is 48.5 Å². The fourth-order valence-electron chi connectivity index (χ4n) is 2.53. The average Bonchev–Trinajstić information content (AvgIpc) is 2.60. The molecule has 0 aliphatic rings. The fourth-order valence-corrected chi connectivity index (χ4v) is 2.53. The first-order chi connectivity index (χ1) is 12.5. The third-order valence-corrected chi connectivity index (χ3v) is 4.34. The van der Waals surface area contributed by atoms with Crippen molar-refractivity contribution in [2.24, 2.45) is 0 Å². The van der Waals surface area contributed by atoms with Gasteiger partial charge in [0.15, 0.2) is 0 Å². The molecule has 7 heteroatoms. The van der Waals surface area contributed by atoms with Crippen molar-refractivity contribution in [2.75, 3.05) is 5.32 Å². The van der Waals surface area contributed by atoms with E-state index in [1.54, 1.807) is 50.2 Å². The van der Waals surface area contributed by atoms with E-state index < -0.39 is 29.9 Å². The van der Waals surface area contributed by atoms with Crippen molar-refractivity contribution in [2.45, 2.75) is 38.3 Å². The summed E-state index contributed by atoms with van der Waals surface area (Å²) in [5.74, 6) is -1.49. The smallest absolute Gasteiger partial charge is 0.389 e. The number of carbonyl (C=O) groups is 2. The predicted octanol–water partition coefficient (Wildman–Crippen LogP) is 4.80. The number of anilines is 1. The molecule has 0 saturated carbocycles. The topological polar surface area (TPSA) is 66.4 Å². The minimum atomic E-state index is -4.30. The van der Waals surface area contributed by atoms with E-state index in [4.69, 9.17) is 0 Å². The van der Waals surface area contributed by atoms with Gasteiger partial charge in [-0.15, -0.1) is 0 Å². The Hall–Kier alpha value is -2.83. The van der Waals surface area contributed by atoms with Crippen LogP contribution in [0.2, 0.25) is 0 Å². The first-order valence-corrected chi connectivity index (χ1v) is 8.30. The van der Waals surface area contributed by atoms with E-state index in [-0.39, 0.29) is 12.0 Å². The van der Waals surface area contributed by atoms with Gasteiger partial charge in [-0.1, -0.05) is 30.3 Å². The molecule has 0 radical (unpaired) electrons. The molecule has 144 valence electrons. The molecular weight excluding hydrogens is 359 g/mol. The summed E-state index contributed by atoms with van der Waals surface area (Å²) in [6.07, 6.45) is -5.58. The lowest BCUT2D eigenvalue weighted by Gasteiger charge is -2.20. The molecule has 0 saturated heterocycles. The van der Waals surface area contributed by atoms with E-state index in [0.29, 0.717) is 16.8 Å². The molecule has 0 aliphatic carbocycles. The minimum absolute atomic E-state index is 0.177. The van der Waals surface area contributed by atoms with Crippen molar-refractivity contribution in [3.8, 4) is 0 Å². The summed E-state index contributed by atoms with van der Waals surface area (Å²) in [5.41, 5.74) is 0.411. The Kier molecular flexibility index (Phi) is 5.93. The summed E-state index contributed by atoms with van der Waals surface area (Å²) < 4.78 is 37.4. The number of alkyl halides is 3. The highest BCUT2D eigenvalue weighted by Gasteiger charge is 2.29. The third-order valence-electron chi connectivity index (χ3n) is 4.34. The van der Waals surface area contributed by atoms with E-state index >= 15 is 0 Å². The van der Waals surface area contributed by atoms with Crippen LogP contribution >= 0.6 is 0 Å². The Morgan fingerprint density at radius 1 is 1.00 bits per heavy atom. The Labute approximate surface area is 155 Å². The van der Waals surface area contributed by atoms with Gasteiger partial charge in [-0.25, -0.2) is 0 Å². The number of halogens is 3. The van der Waals surface area contributed by atoms with Gasteiger partial charge in [0.05, 0.1) is 5.41 Å². The zero-order valence-electron chi connectivity index (χ0n) is 14.9. The molecule has 0 spiro atoms. The monoisotopic (exact) mass is 379 g/mol. The van der Waals surface area contributed by atoms with Gasteiger partial charge >= 0.3 is 12.1 Å². The van der Waals surface area contributed by atoms with Crippen LogP contribution in [0.5, 0.6) is 0 Å². The Morgan fingerprint density at radius 3 is 2.15 bits per heavy atom. The van der Waals surface area contributed by atoms with Crippen LogP contribution in [0.4, 0.5) is 18.9 Å². The van der Waals surface area contributed by atoms with Crippen LogP contribution in [0.1, 0.15) is 41.8 Å². The van der Waals surface area contributed by atoms with Gasteiger partial charge in [-0.3, -0.25) is 9.59 Å². The second-order valence-electron chi connectivity index (χ2n) is 6.73. The number of amides is 1. The molecule has 0 heterocycles. The van der Waals surface area contributed by atoms with Crippen LogP contribution in [0.3, 0.4) is 0 Å². The quantitative estimate of drug-likeness (QED) is 0.758. The second kappa shape index (κ2) is 7.82. The van der Waals surface area contributed by atoms with Gasteiger partial charge in [-0.05, 0) is 49.6 Å². The van der Waals surface area contributed by atoms with E-state index in [1.165, 1.54) is 12.1 Å². The van der Waals surface area contributed by atoms with Gasteiger partial charge in [0.2, 0.25) is 0 Å². The van der Waals surface area contributed by atoms with E-state index in [1.807, 2.05) is 0 Å². The highest BCUT2D eigenvalue weighted by Crippen LogP contribution is 2.26. The first-order valence-electron chi connectivity index (χ1n) is 8.30. The van der Waals surface area contributed by atoms with E-state index in [9.17, 15) is 27.9 Å². The molecule has 2 N–H and O–H groups in total. The lowest BCUT2D eigenvalue weighted by atomic mass is 9.85. The maximum absolute atomic E-state index is 12.5. The standard InChI is InChI=1S/C20H20F3NO3/c1-19(2,18(26)27)14-7-9-15(10-8-14)24-17(25)16-6-4-3-5-13(16)11-12-20(21,22)23/h3-10H,11-12H2,1-2H3,(H,24,25)(H,26,27). The van der Waals surface area contributed by atoms with Crippen LogP contribution in [0.25, 0.3) is 0 Å². The molecule has 0 aliphatic heterocycles. The number of hydrogen-bond donors (Lipinski definition) is 2. The molecule has 0 atom stereocenters. The maximum atomic E-state index is 12.5. The highest BCUT2D eigenvalue weighted by molar-refractivity contribution is 6.05.